The number of para-hydroxylation sites is 1. The number of amides is 2. The molecule has 0 aliphatic carbocycles. The summed E-state index contributed by atoms with van der Waals surface area (Å²) in [6, 6.07) is 26.0. The largest absolute Gasteiger partial charge is 0.482 e. The van der Waals surface area contributed by atoms with Gasteiger partial charge in [-0.2, -0.15) is 0 Å². The van der Waals surface area contributed by atoms with Crippen LogP contribution in [0.1, 0.15) is 22.7 Å². The van der Waals surface area contributed by atoms with Crippen molar-refractivity contribution in [1.29, 1.82) is 0 Å². The lowest BCUT2D eigenvalue weighted by Gasteiger charge is -2.31. The number of rotatable bonds is 10. The van der Waals surface area contributed by atoms with E-state index in [1.807, 2.05) is 12.1 Å². The molecule has 4 aromatic rings. The minimum absolute atomic E-state index is 0.0437. The van der Waals surface area contributed by atoms with E-state index >= 15 is 0 Å². The summed E-state index contributed by atoms with van der Waals surface area (Å²) in [5, 5.41) is 3.31. The van der Waals surface area contributed by atoms with Gasteiger partial charge in [0, 0.05) is 13.1 Å². The van der Waals surface area contributed by atoms with Crippen LogP contribution in [0.2, 0.25) is 5.02 Å². The zero-order chi connectivity index (χ0) is 27.9. The van der Waals surface area contributed by atoms with E-state index in [0.29, 0.717) is 33.4 Å². The summed E-state index contributed by atoms with van der Waals surface area (Å²) >= 11 is 6.21. The Labute approximate surface area is 236 Å². The first-order valence-corrected chi connectivity index (χ1v) is 13.0. The fourth-order valence-corrected chi connectivity index (χ4v) is 4.53. The molecule has 204 valence electrons. The van der Waals surface area contributed by atoms with Crippen LogP contribution in [0.4, 0.5) is 4.39 Å². The second-order valence-electron chi connectivity index (χ2n) is 9.09. The highest BCUT2D eigenvalue weighted by Crippen LogP contribution is 2.32. The van der Waals surface area contributed by atoms with E-state index in [2.05, 4.69) is 5.32 Å². The lowest BCUT2D eigenvalue weighted by molar-refractivity contribution is -0.143. The molecule has 0 aromatic heterocycles. The summed E-state index contributed by atoms with van der Waals surface area (Å²) in [6.07, 6.45) is 0. The van der Waals surface area contributed by atoms with E-state index in [9.17, 15) is 14.0 Å². The minimum Gasteiger partial charge on any atom is -0.482 e. The van der Waals surface area contributed by atoms with Crippen molar-refractivity contribution in [2.24, 2.45) is 0 Å². The molecule has 0 bridgehead atoms. The van der Waals surface area contributed by atoms with E-state index in [4.69, 9.17) is 25.8 Å². The number of fused-ring (bicyclic) bond motifs is 1. The van der Waals surface area contributed by atoms with Gasteiger partial charge in [0.1, 0.15) is 17.6 Å². The molecule has 2 amide bonds. The molecular weight excluding hydrogens is 535 g/mol. The Balaban J connectivity index is 1.42. The smallest absolute Gasteiger partial charge is 0.261 e. The average Bonchev–Trinajstić information content (AvgIpc) is 3.45. The summed E-state index contributed by atoms with van der Waals surface area (Å²) in [6.45, 7) is 0.0388. The van der Waals surface area contributed by atoms with Crippen LogP contribution in [0.25, 0.3) is 0 Å². The van der Waals surface area contributed by atoms with Crippen LogP contribution in [0.5, 0.6) is 17.2 Å². The Morgan fingerprint density at radius 3 is 2.38 bits per heavy atom. The summed E-state index contributed by atoms with van der Waals surface area (Å²) in [5.74, 6) is 0.365. The Kier molecular flexibility index (Phi) is 8.47. The molecule has 1 unspecified atom stereocenters. The highest BCUT2D eigenvalue weighted by atomic mass is 35.5. The SMILES string of the molecule is O=C(NCc1ccc2c(c1)OCO2)C(c1ccccc1)N(Cc1ccc(F)cc1)C(=O)COc1ccccc1Cl. The molecule has 0 radical (unpaired) electrons. The summed E-state index contributed by atoms with van der Waals surface area (Å²) in [4.78, 5) is 28.9. The van der Waals surface area contributed by atoms with E-state index in [1.165, 1.54) is 17.0 Å². The zero-order valence-corrected chi connectivity index (χ0v) is 22.1. The molecule has 0 fully saturated rings. The van der Waals surface area contributed by atoms with Crippen LogP contribution in [0.15, 0.2) is 97.1 Å². The number of nitrogens with one attached hydrogen (secondary N) is 1. The molecule has 1 aliphatic rings. The molecule has 1 atom stereocenters. The third-order valence-corrected chi connectivity index (χ3v) is 6.67. The monoisotopic (exact) mass is 560 g/mol. The number of nitrogens with zero attached hydrogens (tertiary/aromatic N) is 1. The van der Waals surface area contributed by atoms with Gasteiger partial charge in [-0.25, -0.2) is 4.39 Å². The number of halogens is 2. The van der Waals surface area contributed by atoms with E-state index in [1.54, 1.807) is 72.8 Å². The number of hydrogen-bond donors (Lipinski definition) is 1. The van der Waals surface area contributed by atoms with Gasteiger partial charge in [0.15, 0.2) is 18.1 Å². The van der Waals surface area contributed by atoms with Gasteiger partial charge in [0.25, 0.3) is 5.91 Å². The van der Waals surface area contributed by atoms with Gasteiger partial charge in [-0.1, -0.05) is 72.3 Å². The van der Waals surface area contributed by atoms with Crippen molar-refractivity contribution in [3.63, 3.8) is 0 Å². The Bertz CT molecular complexity index is 1480. The third kappa shape index (κ3) is 6.52. The van der Waals surface area contributed by atoms with Gasteiger partial charge in [-0.3, -0.25) is 9.59 Å². The summed E-state index contributed by atoms with van der Waals surface area (Å²) in [5.41, 5.74) is 2.07. The molecule has 1 heterocycles. The van der Waals surface area contributed by atoms with Crippen molar-refractivity contribution in [2.45, 2.75) is 19.1 Å². The maximum Gasteiger partial charge on any atom is 0.261 e. The maximum absolute atomic E-state index is 13.8. The van der Waals surface area contributed by atoms with Crippen molar-refractivity contribution in [2.75, 3.05) is 13.4 Å². The summed E-state index contributed by atoms with van der Waals surface area (Å²) < 4.78 is 30.2. The topological polar surface area (TPSA) is 77.1 Å². The van der Waals surface area contributed by atoms with Crippen molar-refractivity contribution in [3.8, 4) is 17.2 Å². The van der Waals surface area contributed by atoms with E-state index < -0.39 is 23.7 Å². The van der Waals surface area contributed by atoms with Crippen LogP contribution >= 0.6 is 11.6 Å². The van der Waals surface area contributed by atoms with Gasteiger partial charge in [0.05, 0.1) is 5.02 Å². The fraction of sp³-hybridized carbons (Fsp3) is 0.161. The molecule has 40 heavy (non-hydrogen) atoms. The number of hydrogen-bond acceptors (Lipinski definition) is 5. The van der Waals surface area contributed by atoms with Crippen molar-refractivity contribution in [1.82, 2.24) is 10.2 Å². The maximum atomic E-state index is 13.8. The molecule has 1 N–H and O–H groups in total. The fourth-order valence-electron chi connectivity index (χ4n) is 4.34. The molecule has 0 saturated heterocycles. The van der Waals surface area contributed by atoms with E-state index in [-0.39, 0.29) is 26.5 Å². The Hall–Kier alpha value is -4.56. The average molecular weight is 561 g/mol. The van der Waals surface area contributed by atoms with Crippen LogP contribution in [0.3, 0.4) is 0 Å². The quantitative estimate of drug-likeness (QED) is 0.270. The molecule has 4 aromatic carbocycles. The first-order chi connectivity index (χ1) is 19.5. The molecule has 9 heteroatoms. The van der Waals surface area contributed by atoms with Crippen LogP contribution in [-0.4, -0.2) is 30.1 Å². The Morgan fingerprint density at radius 1 is 0.900 bits per heavy atom. The highest BCUT2D eigenvalue weighted by Gasteiger charge is 2.32. The normalized spacial score (nSPS) is 12.4. The Morgan fingerprint density at radius 2 is 1.60 bits per heavy atom. The first kappa shape index (κ1) is 27.0. The van der Waals surface area contributed by atoms with Gasteiger partial charge >= 0.3 is 0 Å². The van der Waals surface area contributed by atoms with E-state index in [0.717, 1.165) is 5.56 Å². The molecule has 0 spiro atoms. The van der Waals surface area contributed by atoms with Gasteiger partial charge in [-0.15, -0.1) is 0 Å². The van der Waals surface area contributed by atoms with Crippen molar-refractivity contribution < 1.29 is 28.2 Å². The molecule has 7 nitrogen and oxygen atoms in total. The van der Waals surface area contributed by atoms with Gasteiger partial charge in [0.2, 0.25) is 12.7 Å². The second-order valence-corrected chi connectivity index (χ2v) is 9.49. The number of ether oxygens (including phenoxy) is 3. The standard InChI is InChI=1S/C31H26ClFN2O5/c32-25-8-4-5-9-26(25)38-19-29(36)35(18-21-10-13-24(33)14-11-21)30(23-6-2-1-3-7-23)31(37)34-17-22-12-15-27-28(16-22)40-20-39-27/h1-16,30H,17-20H2,(H,34,37). The van der Waals surface area contributed by atoms with Crippen LogP contribution < -0.4 is 19.5 Å². The predicted octanol–water partition coefficient (Wildman–Crippen LogP) is 5.67. The lowest BCUT2D eigenvalue weighted by Crippen LogP contribution is -2.45. The number of benzene rings is 4. The van der Waals surface area contributed by atoms with Crippen molar-refractivity contribution >= 4 is 23.4 Å². The first-order valence-electron chi connectivity index (χ1n) is 12.6. The molecular formula is C31H26ClFN2O5. The molecule has 0 saturated carbocycles. The molecule has 5 rings (SSSR count). The van der Waals surface area contributed by atoms with Crippen LogP contribution in [-0.2, 0) is 22.7 Å². The second kappa shape index (κ2) is 12.5. The van der Waals surface area contributed by atoms with Crippen LogP contribution in [0, 0.1) is 5.82 Å². The predicted molar refractivity (Wildman–Crippen MR) is 147 cm³/mol. The van der Waals surface area contributed by atoms with Gasteiger partial charge < -0.3 is 24.4 Å². The third-order valence-electron chi connectivity index (χ3n) is 6.35. The van der Waals surface area contributed by atoms with Gasteiger partial charge in [-0.05, 0) is 53.1 Å². The highest BCUT2D eigenvalue weighted by molar-refractivity contribution is 6.32. The number of carbonyl (C=O) groups is 2. The summed E-state index contributed by atoms with van der Waals surface area (Å²) in [7, 11) is 0. The molecule has 1 aliphatic heterocycles. The van der Waals surface area contributed by atoms with Crippen molar-refractivity contribution in [3.05, 3.63) is 125 Å². The zero-order valence-electron chi connectivity index (χ0n) is 21.4. The minimum atomic E-state index is -0.998. The number of carbonyl (C=O) groups excluding carboxylic acids is 2. The lowest BCUT2D eigenvalue weighted by atomic mass is 10.0.